The van der Waals surface area contributed by atoms with Crippen LogP contribution < -0.4 is 11.1 Å². The van der Waals surface area contributed by atoms with Crippen LogP contribution in [0.1, 0.15) is 24.8 Å². The van der Waals surface area contributed by atoms with Gasteiger partial charge in [-0.15, -0.1) is 0 Å². The Bertz CT molecular complexity index is 296. The van der Waals surface area contributed by atoms with Gasteiger partial charge in [0, 0.05) is 17.6 Å². The fourth-order valence-electron chi connectivity index (χ4n) is 2.15. The molecule has 0 amide bonds. The molecule has 2 rings (SSSR count). The Labute approximate surface area is 79.1 Å². The average molecular weight is 176 g/mol. The van der Waals surface area contributed by atoms with E-state index in [9.17, 15) is 0 Å². The topological polar surface area (TPSA) is 38.0 Å². The van der Waals surface area contributed by atoms with E-state index in [0.717, 1.165) is 13.0 Å². The molecule has 0 aromatic heterocycles. The summed E-state index contributed by atoms with van der Waals surface area (Å²) in [5, 5.41) is 3.48. The zero-order chi connectivity index (χ0) is 9.26. The van der Waals surface area contributed by atoms with E-state index in [4.69, 9.17) is 5.73 Å². The van der Waals surface area contributed by atoms with Gasteiger partial charge in [-0.05, 0) is 31.5 Å². The van der Waals surface area contributed by atoms with Crippen molar-refractivity contribution < 1.29 is 0 Å². The van der Waals surface area contributed by atoms with Gasteiger partial charge < -0.3 is 11.1 Å². The Morgan fingerprint density at radius 2 is 2.15 bits per heavy atom. The highest BCUT2D eigenvalue weighted by molar-refractivity contribution is 5.58. The number of hydrogen-bond donors (Lipinski definition) is 2. The Balaban J connectivity index is 2.29. The summed E-state index contributed by atoms with van der Waals surface area (Å²) < 4.78 is 0. The van der Waals surface area contributed by atoms with Gasteiger partial charge >= 0.3 is 0 Å². The van der Waals surface area contributed by atoms with E-state index >= 15 is 0 Å². The molecule has 0 fully saturated rings. The van der Waals surface area contributed by atoms with Crippen molar-refractivity contribution in [1.29, 1.82) is 0 Å². The normalized spacial score (nSPS) is 25.4. The largest absolute Gasteiger partial charge is 0.382 e. The third-order valence-corrected chi connectivity index (χ3v) is 2.82. The minimum atomic E-state index is 0.529. The predicted octanol–water partition coefficient (Wildman–Crippen LogP) is 1.93. The summed E-state index contributed by atoms with van der Waals surface area (Å²) in [6.07, 6.45) is 1.07. The van der Waals surface area contributed by atoms with Gasteiger partial charge in [-0.3, -0.25) is 0 Å². The Hall–Kier alpha value is -1.02. The molecule has 3 N–H and O–H groups in total. The molecule has 1 aliphatic rings. The predicted molar refractivity (Wildman–Crippen MR) is 55.9 cm³/mol. The van der Waals surface area contributed by atoms with Crippen LogP contribution in [0.25, 0.3) is 0 Å². The molecule has 70 valence electrons. The molecule has 2 heteroatoms. The van der Waals surface area contributed by atoms with Gasteiger partial charge in [-0.25, -0.2) is 0 Å². The molecule has 0 spiro atoms. The number of hydrogen-bond acceptors (Lipinski definition) is 2. The molecule has 0 saturated heterocycles. The van der Waals surface area contributed by atoms with Gasteiger partial charge in [0.25, 0.3) is 0 Å². The second-order valence-corrected chi connectivity index (χ2v) is 3.70. The van der Waals surface area contributed by atoms with Crippen LogP contribution in [0.4, 0.5) is 5.69 Å². The van der Waals surface area contributed by atoms with Crippen molar-refractivity contribution in [3.8, 4) is 0 Å². The van der Waals surface area contributed by atoms with E-state index in [1.165, 1.54) is 11.3 Å². The van der Waals surface area contributed by atoms with Gasteiger partial charge in [0.05, 0.1) is 0 Å². The summed E-state index contributed by atoms with van der Waals surface area (Å²) in [6.45, 7) is 2.99. The minimum absolute atomic E-state index is 0.529. The second-order valence-electron chi connectivity index (χ2n) is 3.70. The zero-order valence-electron chi connectivity index (χ0n) is 7.96. The summed E-state index contributed by atoms with van der Waals surface area (Å²) in [5.41, 5.74) is 8.32. The van der Waals surface area contributed by atoms with Crippen molar-refractivity contribution in [1.82, 2.24) is 0 Å². The lowest BCUT2D eigenvalue weighted by molar-refractivity contribution is 0.591. The van der Waals surface area contributed by atoms with Crippen LogP contribution in [-0.4, -0.2) is 12.6 Å². The van der Waals surface area contributed by atoms with E-state index in [0.29, 0.717) is 12.0 Å². The van der Waals surface area contributed by atoms with Crippen molar-refractivity contribution in [2.45, 2.75) is 25.3 Å². The first kappa shape index (κ1) is 8.57. The maximum Gasteiger partial charge on any atom is 0.0378 e. The summed E-state index contributed by atoms with van der Waals surface area (Å²) in [4.78, 5) is 0. The summed E-state index contributed by atoms with van der Waals surface area (Å²) in [7, 11) is 0. The first-order chi connectivity index (χ1) is 6.33. The summed E-state index contributed by atoms with van der Waals surface area (Å²) in [6, 6.07) is 9.04. The number of anilines is 1. The molecule has 1 aromatic carbocycles. The quantitative estimate of drug-likeness (QED) is 0.722. The first-order valence-electron chi connectivity index (χ1n) is 4.88. The van der Waals surface area contributed by atoms with Gasteiger partial charge in [-0.2, -0.15) is 0 Å². The lowest BCUT2D eigenvalue weighted by atomic mass is 9.93. The van der Waals surface area contributed by atoms with Crippen LogP contribution in [-0.2, 0) is 0 Å². The van der Waals surface area contributed by atoms with Crippen LogP contribution in [0.15, 0.2) is 24.3 Å². The monoisotopic (exact) mass is 176 g/mol. The second kappa shape index (κ2) is 3.38. The molecular formula is C11H16N2. The highest BCUT2D eigenvalue weighted by Gasteiger charge is 2.27. The van der Waals surface area contributed by atoms with Crippen molar-refractivity contribution in [3.63, 3.8) is 0 Å². The number of fused-ring (bicyclic) bond motifs is 1. The lowest BCUT2D eigenvalue weighted by Crippen LogP contribution is -2.18. The van der Waals surface area contributed by atoms with E-state index in [2.05, 4.69) is 36.5 Å². The van der Waals surface area contributed by atoms with Crippen molar-refractivity contribution >= 4 is 5.69 Å². The van der Waals surface area contributed by atoms with Crippen LogP contribution in [0, 0.1) is 0 Å². The Kier molecular flexibility index (Phi) is 2.23. The standard InChI is InChI=1S/C11H16N2/c1-8-9(6-7-12)10-4-2-3-5-11(10)13-8/h2-5,8-9,13H,6-7,12H2,1H3. The minimum Gasteiger partial charge on any atom is -0.382 e. The number of benzene rings is 1. The number of para-hydroxylation sites is 1. The lowest BCUT2D eigenvalue weighted by Gasteiger charge is -2.14. The molecule has 1 aliphatic heterocycles. The summed E-state index contributed by atoms with van der Waals surface area (Å²) >= 11 is 0. The fourth-order valence-corrected chi connectivity index (χ4v) is 2.15. The summed E-state index contributed by atoms with van der Waals surface area (Å²) in [5.74, 6) is 0.598. The molecule has 2 atom stereocenters. The van der Waals surface area contributed by atoms with Crippen molar-refractivity contribution in [2.24, 2.45) is 5.73 Å². The molecule has 1 heterocycles. The van der Waals surface area contributed by atoms with Crippen LogP contribution in [0.2, 0.25) is 0 Å². The van der Waals surface area contributed by atoms with Crippen LogP contribution in [0.3, 0.4) is 0 Å². The van der Waals surface area contributed by atoms with E-state index in [-0.39, 0.29) is 0 Å². The van der Waals surface area contributed by atoms with E-state index < -0.39 is 0 Å². The van der Waals surface area contributed by atoms with Gasteiger partial charge in [0.2, 0.25) is 0 Å². The van der Waals surface area contributed by atoms with Gasteiger partial charge in [0.1, 0.15) is 0 Å². The maximum atomic E-state index is 5.60. The third-order valence-electron chi connectivity index (χ3n) is 2.82. The molecule has 0 saturated carbocycles. The highest BCUT2D eigenvalue weighted by Crippen LogP contribution is 2.37. The van der Waals surface area contributed by atoms with Gasteiger partial charge in [-0.1, -0.05) is 18.2 Å². The molecule has 1 aromatic rings. The molecule has 2 nitrogen and oxygen atoms in total. The highest BCUT2D eigenvalue weighted by atomic mass is 15.0. The molecule has 13 heavy (non-hydrogen) atoms. The Morgan fingerprint density at radius 1 is 1.38 bits per heavy atom. The van der Waals surface area contributed by atoms with Crippen molar-refractivity contribution in [2.75, 3.05) is 11.9 Å². The molecule has 0 aliphatic carbocycles. The molecular weight excluding hydrogens is 160 g/mol. The van der Waals surface area contributed by atoms with Gasteiger partial charge in [0.15, 0.2) is 0 Å². The van der Waals surface area contributed by atoms with E-state index in [1.807, 2.05) is 0 Å². The Morgan fingerprint density at radius 3 is 2.92 bits per heavy atom. The first-order valence-corrected chi connectivity index (χ1v) is 4.88. The van der Waals surface area contributed by atoms with E-state index in [1.54, 1.807) is 0 Å². The molecule has 0 bridgehead atoms. The maximum absolute atomic E-state index is 5.60. The zero-order valence-corrected chi connectivity index (χ0v) is 7.96. The fraction of sp³-hybridized carbons (Fsp3) is 0.455. The SMILES string of the molecule is CC1Nc2ccccc2C1CCN. The average Bonchev–Trinajstić information content (AvgIpc) is 2.44. The van der Waals surface area contributed by atoms with Crippen LogP contribution in [0.5, 0.6) is 0 Å². The molecule has 0 radical (unpaired) electrons. The van der Waals surface area contributed by atoms with Crippen LogP contribution >= 0.6 is 0 Å². The van der Waals surface area contributed by atoms with Crippen molar-refractivity contribution in [3.05, 3.63) is 29.8 Å². The number of rotatable bonds is 2. The third kappa shape index (κ3) is 1.42. The smallest absolute Gasteiger partial charge is 0.0378 e. The molecule has 2 unspecified atom stereocenters. The number of nitrogens with two attached hydrogens (primary N) is 1. The number of nitrogens with one attached hydrogen (secondary N) is 1.